The van der Waals surface area contributed by atoms with E-state index in [1.165, 1.54) is 35.9 Å². The topological polar surface area (TPSA) is 63.7 Å². The number of carbonyl (C=O) groups excluding carboxylic acids is 1. The number of thiophene rings is 2. The molecule has 0 N–H and O–H groups in total. The van der Waals surface area contributed by atoms with Gasteiger partial charge in [0, 0.05) is 18.5 Å². The lowest BCUT2D eigenvalue weighted by molar-refractivity contribution is 0.0602. The quantitative estimate of drug-likeness (QED) is 0.764. The lowest BCUT2D eigenvalue weighted by atomic mass is 10.5. The van der Waals surface area contributed by atoms with E-state index in [0.717, 1.165) is 16.2 Å². The molecule has 2 heterocycles. The summed E-state index contributed by atoms with van der Waals surface area (Å²) in [6, 6.07) is 4.89. The van der Waals surface area contributed by atoms with E-state index in [4.69, 9.17) is 11.6 Å². The Bertz CT molecular complexity index is 750. The molecule has 0 saturated heterocycles. The lowest BCUT2D eigenvalue weighted by Crippen LogP contribution is -2.27. The Labute approximate surface area is 135 Å². The van der Waals surface area contributed by atoms with E-state index in [0.29, 0.717) is 4.34 Å². The van der Waals surface area contributed by atoms with Crippen LogP contribution in [0.2, 0.25) is 4.34 Å². The summed E-state index contributed by atoms with van der Waals surface area (Å²) in [6.45, 7) is 0.191. The van der Waals surface area contributed by atoms with E-state index < -0.39 is 16.0 Å². The number of hydrogen-bond acceptors (Lipinski definition) is 6. The monoisotopic (exact) mass is 365 g/mol. The molecule has 0 bridgehead atoms. The van der Waals surface area contributed by atoms with Crippen molar-refractivity contribution in [3.8, 4) is 0 Å². The van der Waals surface area contributed by atoms with Crippen molar-refractivity contribution in [3.63, 3.8) is 0 Å². The first-order valence-electron chi connectivity index (χ1n) is 5.72. The van der Waals surface area contributed by atoms with Crippen LogP contribution in [0.1, 0.15) is 14.5 Å². The molecule has 0 amide bonds. The summed E-state index contributed by atoms with van der Waals surface area (Å²) in [5, 5.41) is 1.55. The Kier molecular flexibility index (Phi) is 5.05. The van der Waals surface area contributed by atoms with Crippen LogP contribution in [0.3, 0.4) is 0 Å². The number of esters is 1. The molecule has 0 atom stereocenters. The summed E-state index contributed by atoms with van der Waals surface area (Å²) >= 11 is 8.19. The van der Waals surface area contributed by atoms with E-state index in [1.54, 1.807) is 17.5 Å². The number of hydrogen-bond donors (Lipinski definition) is 0. The van der Waals surface area contributed by atoms with E-state index in [9.17, 15) is 13.2 Å². The average Bonchev–Trinajstić information content (AvgIpc) is 3.07. The second-order valence-corrected chi connectivity index (χ2v) is 8.80. The predicted octanol–water partition coefficient (Wildman–Crippen LogP) is 3.07. The number of ether oxygens (including phenoxy) is 1. The van der Waals surface area contributed by atoms with E-state index in [2.05, 4.69) is 4.74 Å². The fourth-order valence-corrected chi connectivity index (χ4v) is 5.33. The molecule has 0 radical (unpaired) electrons. The molecule has 0 aliphatic carbocycles. The smallest absolute Gasteiger partial charge is 0.349 e. The van der Waals surface area contributed by atoms with Gasteiger partial charge in [-0.3, -0.25) is 0 Å². The van der Waals surface area contributed by atoms with Gasteiger partial charge in [-0.2, -0.15) is 4.31 Å². The third kappa shape index (κ3) is 3.46. The minimum atomic E-state index is -3.76. The number of rotatable bonds is 5. The van der Waals surface area contributed by atoms with Crippen LogP contribution in [0, 0.1) is 0 Å². The molecule has 2 aromatic rings. The molecule has 5 nitrogen and oxygen atoms in total. The van der Waals surface area contributed by atoms with E-state index in [1.807, 2.05) is 0 Å². The molecule has 9 heteroatoms. The highest BCUT2D eigenvalue weighted by Gasteiger charge is 2.28. The van der Waals surface area contributed by atoms with Crippen molar-refractivity contribution in [1.82, 2.24) is 4.31 Å². The molecule has 0 aliphatic rings. The molecule has 0 aliphatic heterocycles. The Morgan fingerprint density at radius 2 is 2.10 bits per heavy atom. The highest BCUT2D eigenvalue weighted by molar-refractivity contribution is 7.89. The van der Waals surface area contributed by atoms with Crippen LogP contribution < -0.4 is 0 Å². The third-order valence-corrected chi connectivity index (χ3v) is 6.78. The zero-order valence-electron chi connectivity index (χ0n) is 11.2. The molecular formula is C12H12ClNO4S3. The Morgan fingerprint density at radius 3 is 2.67 bits per heavy atom. The molecule has 0 saturated carbocycles. The number of nitrogens with zero attached hydrogens (tertiary/aromatic N) is 1. The van der Waals surface area contributed by atoms with Crippen LogP contribution >= 0.6 is 34.3 Å². The molecule has 21 heavy (non-hydrogen) atoms. The second-order valence-electron chi connectivity index (χ2n) is 4.07. The Hall–Kier alpha value is -0.930. The zero-order valence-corrected chi connectivity index (χ0v) is 14.4. The third-order valence-electron chi connectivity index (χ3n) is 2.70. The molecule has 0 fully saturated rings. The summed E-state index contributed by atoms with van der Waals surface area (Å²) in [5.74, 6) is -0.656. The standard InChI is InChI=1S/C12H12ClNO4S3/c1-14(7-8-3-4-10(13)20-8)21(16,17)9-5-6-19-11(9)12(15)18-2/h3-6H,7H2,1-2H3. The maximum absolute atomic E-state index is 12.5. The van der Waals surface area contributed by atoms with Crippen LogP contribution in [0.15, 0.2) is 28.5 Å². The maximum atomic E-state index is 12.5. The van der Waals surface area contributed by atoms with Gasteiger partial charge in [0.2, 0.25) is 10.0 Å². The molecule has 2 aromatic heterocycles. The number of methoxy groups -OCH3 is 1. The maximum Gasteiger partial charge on any atom is 0.349 e. The van der Waals surface area contributed by atoms with Crippen LogP contribution in [-0.2, 0) is 21.3 Å². The summed E-state index contributed by atoms with van der Waals surface area (Å²) in [7, 11) is -1.09. The first-order chi connectivity index (χ1) is 9.86. The van der Waals surface area contributed by atoms with Crippen molar-refractivity contribution in [2.45, 2.75) is 11.4 Å². The molecule has 2 rings (SSSR count). The minimum absolute atomic E-state index is 0.0375. The Balaban J connectivity index is 2.29. The fourth-order valence-electron chi connectivity index (χ4n) is 1.65. The normalized spacial score (nSPS) is 11.8. The zero-order chi connectivity index (χ0) is 15.6. The fraction of sp³-hybridized carbons (Fsp3) is 0.250. The van der Waals surface area contributed by atoms with Gasteiger partial charge in [0.1, 0.15) is 9.77 Å². The van der Waals surface area contributed by atoms with Gasteiger partial charge < -0.3 is 4.74 Å². The van der Waals surface area contributed by atoms with Crippen molar-refractivity contribution in [2.75, 3.05) is 14.2 Å². The van der Waals surface area contributed by atoms with Gasteiger partial charge in [-0.15, -0.1) is 22.7 Å². The molecule has 0 spiro atoms. The minimum Gasteiger partial charge on any atom is -0.465 e. The van der Waals surface area contributed by atoms with Gasteiger partial charge in [0.25, 0.3) is 0 Å². The van der Waals surface area contributed by atoms with Crippen molar-refractivity contribution >= 4 is 50.3 Å². The van der Waals surface area contributed by atoms with Gasteiger partial charge in [0.05, 0.1) is 11.4 Å². The van der Waals surface area contributed by atoms with Crippen molar-refractivity contribution in [2.24, 2.45) is 0 Å². The summed E-state index contributed by atoms with van der Waals surface area (Å²) in [4.78, 5) is 12.5. The van der Waals surface area contributed by atoms with Gasteiger partial charge in [-0.25, -0.2) is 13.2 Å². The van der Waals surface area contributed by atoms with E-state index in [-0.39, 0.29) is 16.3 Å². The summed E-state index contributed by atoms with van der Waals surface area (Å²) in [5.41, 5.74) is 0. The summed E-state index contributed by atoms with van der Waals surface area (Å²) < 4.78 is 31.5. The van der Waals surface area contributed by atoms with Crippen LogP contribution in [0.5, 0.6) is 0 Å². The molecule has 0 aromatic carbocycles. The van der Waals surface area contributed by atoms with Crippen LogP contribution in [-0.4, -0.2) is 32.8 Å². The van der Waals surface area contributed by atoms with Gasteiger partial charge in [-0.05, 0) is 23.6 Å². The average molecular weight is 366 g/mol. The van der Waals surface area contributed by atoms with Crippen LogP contribution in [0.25, 0.3) is 0 Å². The van der Waals surface area contributed by atoms with Crippen molar-refractivity contribution in [3.05, 3.63) is 37.7 Å². The number of halogens is 1. The second kappa shape index (κ2) is 6.45. The molecule has 114 valence electrons. The largest absolute Gasteiger partial charge is 0.465 e. The number of sulfonamides is 1. The number of carbonyl (C=O) groups is 1. The van der Waals surface area contributed by atoms with Gasteiger partial charge >= 0.3 is 5.97 Å². The van der Waals surface area contributed by atoms with Gasteiger partial charge in [-0.1, -0.05) is 11.6 Å². The lowest BCUT2D eigenvalue weighted by Gasteiger charge is -2.16. The SMILES string of the molecule is COC(=O)c1sccc1S(=O)(=O)N(C)Cc1ccc(Cl)s1. The van der Waals surface area contributed by atoms with Crippen molar-refractivity contribution in [1.29, 1.82) is 0 Å². The van der Waals surface area contributed by atoms with Crippen molar-refractivity contribution < 1.29 is 17.9 Å². The molecular weight excluding hydrogens is 354 g/mol. The summed E-state index contributed by atoms with van der Waals surface area (Å²) in [6.07, 6.45) is 0. The highest BCUT2D eigenvalue weighted by Crippen LogP contribution is 2.28. The predicted molar refractivity (Wildman–Crippen MR) is 83.6 cm³/mol. The first kappa shape index (κ1) is 16.4. The van der Waals surface area contributed by atoms with Gasteiger partial charge in [0.15, 0.2) is 0 Å². The Morgan fingerprint density at radius 1 is 1.38 bits per heavy atom. The van der Waals surface area contributed by atoms with E-state index >= 15 is 0 Å². The first-order valence-corrected chi connectivity index (χ1v) is 9.24. The molecule has 0 unspecified atom stereocenters. The highest BCUT2D eigenvalue weighted by atomic mass is 35.5. The van der Waals surface area contributed by atoms with Crippen LogP contribution in [0.4, 0.5) is 0 Å².